The second kappa shape index (κ2) is 5.17. The van der Waals surface area contributed by atoms with Crippen LogP contribution in [0.15, 0.2) is 22.7 Å². The molecule has 1 aromatic carbocycles. The number of nitrogens with one attached hydrogen (secondary N) is 1. The van der Waals surface area contributed by atoms with Gasteiger partial charge in [-0.2, -0.15) is 0 Å². The molecular formula is C14H13ClN2O3. The highest BCUT2D eigenvalue weighted by Gasteiger charge is 2.24. The Balaban J connectivity index is 1.86. The molecule has 3 rings (SSSR count). The lowest BCUT2D eigenvalue weighted by Crippen LogP contribution is -2.15. The number of hydrogen-bond donors (Lipinski definition) is 2. The van der Waals surface area contributed by atoms with Crippen LogP contribution in [0.5, 0.6) is 5.75 Å². The van der Waals surface area contributed by atoms with Crippen molar-refractivity contribution in [3.63, 3.8) is 0 Å². The van der Waals surface area contributed by atoms with Crippen LogP contribution in [0.1, 0.15) is 34.7 Å². The molecule has 1 heterocycles. The lowest BCUT2D eigenvalue weighted by molar-refractivity contribution is 0.101. The molecule has 0 unspecified atom stereocenters. The van der Waals surface area contributed by atoms with Gasteiger partial charge in [0.15, 0.2) is 5.69 Å². The fourth-order valence-corrected chi connectivity index (χ4v) is 2.53. The summed E-state index contributed by atoms with van der Waals surface area (Å²) in [6, 6.07) is 4.46. The van der Waals surface area contributed by atoms with Crippen molar-refractivity contribution < 1.29 is 14.4 Å². The molecule has 0 saturated carbocycles. The Hall–Kier alpha value is -2.01. The summed E-state index contributed by atoms with van der Waals surface area (Å²) in [5.41, 5.74) is 1.42. The van der Waals surface area contributed by atoms with Crippen LogP contribution in [0.25, 0.3) is 0 Å². The molecule has 1 amide bonds. The Morgan fingerprint density at radius 1 is 1.35 bits per heavy atom. The second-order valence-corrected chi connectivity index (χ2v) is 5.19. The summed E-state index contributed by atoms with van der Waals surface area (Å²) in [6.07, 6.45) is 3.69. The Kier molecular flexibility index (Phi) is 3.36. The maximum atomic E-state index is 12.2. The number of aromatic hydroxyl groups is 1. The summed E-state index contributed by atoms with van der Waals surface area (Å²) >= 11 is 5.84. The predicted octanol–water partition coefficient (Wildman–Crippen LogP) is 3.16. The smallest absolute Gasteiger partial charge is 0.278 e. The summed E-state index contributed by atoms with van der Waals surface area (Å²) in [5, 5.41) is 16.6. The number of amides is 1. The molecule has 2 N–H and O–H groups in total. The molecule has 0 fully saturated rings. The zero-order valence-corrected chi connectivity index (χ0v) is 11.4. The first kappa shape index (κ1) is 13.0. The van der Waals surface area contributed by atoms with Gasteiger partial charge in [-0.25, -0.2) is 0 Å². The van der Waals surface area contributed by atoms with Crippen LogP contribution in [-0.2, 0) is 12.8 Å². The van der Waals surface area contributed by atoms with Crippen LogP contribution in [0.3, 0.4) is 0 Å². The van der Waals surface area contributed by atoms with Gasteiger partial charge < -0.3 is 14.9 Å². The zero-order chi connectivity index (χ0) is 14.1. The van der Waals surface area contributed by atoms with E-state index in [-0.39, 0.29) is 11.4 Å². The molecule has 104 valence electrons. The van der Waals surface area contributed by atoms with Crippen LogP contribution >= 0.6 is 11.6 Å². The first-order chi connectivity index (χ1) is 9.65. The number of phenols is 1. The van der Waals surface area contributed by atoms with Gasteiger partial charge >= 0.3 is 0 Å². The van der Waals surface area contributed by atoms with E-state index in [4.69, 9.17) is 16.1 Å². The number of phenolic OH excluding ortho intramolecular Hbond substituents is 1. The third-order valence-electron chi connectivity index (χ3n) is 3.37. The Morgan fingerprint density at radius 3 is 3.00 bits per heavy atom. The van der Waals surface area contributed by atoms with Crippen molar-refractivity contribution in [2.45, 2.75) is 25.7 Å². The highest BCUT2D eigenvalue weighted by atomic mass is 35.5. The zero-order valence-electron chi connectivity index (χ0n) is 10.6. The minimum atomic E-state index is -0.394. The fourth-order valence-electron chi connectivity index (χ4n) is 2.35. The quantitative estimate of drug-likeness (QED) is 0.834. The van der Waals surface area contributed by atoms with E-state index in [0.717, 1.165) is 37.0 Å². The highest BCUT2D eigenvalue weighted by Crippen LogP contribution is 2.28. The predicted molar refractivity (Wildman–Crippen MR) is 74.2 cm³/mol. The van der Waals surface area contributed by atoms with E-state index in [1.807, 2.05) is 0 Å². The lowest BCUT2D eigenvalue weighted by Gasteiger charge is -2.10. The Morgan fingerprint density at radius 2 is 2.15 bits per heavy atom. The minimum Gasteiger partial charge on any atom is -0.506 e. The largest absolute Gasteiger partial charge is 0.506 e. The number of fused-ring (bicyclic) bond motifs is 1. The fraction of sp³-hybridized carbons (Fsp3) is 0.286. The molecular weight excluding hydrogens is 280 g/mol. The van der Waals surface area contributed by atoms with Crippen molar-refractivity contribution >= 4 is 23.2 Å². The van der Waals surface area contributed by atoms with Crippen LogP contribution in [0.4, 0.5) is 5.69 Å². The average molecular weight is 293 g/mol. The van der Waals surface area contributed by atoms with Crippen LogP contribution in [0, 0.1) is 0 Å². The van der Waals surface area contributed by atoms with Crippen molar-refractivity contribution in [3.8, 4) is 5.75 Å². The van der Waals surface area contributed by atoms with E-state index < -0.39 is 5.91 Å². The van der Waals surface area contributed by atoms with E-state index in [1.165, 1.54) is 12.1 Å². The van der Waals surface area contributed by atoms with E-state index >= 15 is 0 Å². The molecule has 1 aromatic heterocycles. The van der Waals surface area contributed by atoms with Crippen molar-refractivity contribution in [1.82, 2.24) is 5.16 Å². The topological polar surface area (TPSA) is 75.4 Å². The third-order valence-corrected chi connectivity index (χ3v) is 3.61. The molecule has 0 bridgehead atoms. The molecule has 0 saturated heterocycles. The number of carbonyl (C=O) groups excluding carboxylic acids is 1. The first-order valence-corrected chi connectivity index (χ1v) is 6.80. The summed E-state index contributed by atoms with van der Waals surface area (Å²) < 4.78 is 5.20. The third kappa shape index (κ3) is 2.36. The van der Waals surface area contributed by atoms with Gasteiger partial charge in [0.25, 0.3) is 5.91 Å². The molecule has 1 aliphatic rings. The van der Waals surface area contributed by atoms with Gasteiger partial charge in [-0.05, 0) is 37.5 Å². The van der Waals surface area contributed by atoms with E-state index in [0.29, 0.717) is 10.7 Å². The molecule has 2 aromatic rings. The van der Waals surface area contributed by atoms with Crippen molar-refractivity contribution in [3.05, 3.63) is 40.2 Å². The van der Waals surface area contributed by atoms with E-state index in [9.17, 15) is 9.90 Å². The molecule has 5 nitrogen and oxygen atoms in total. The van der Waals surface area contributed by atoms with Crippen LogP contribution in [0.2, 0.25) is 5.02 Å². The number of nitrogens with zero attached hydrogens (tertiary/aromatic N) is 1. The van der Waals surface area contributed by atoms with Crippen molar-refractivity contribution in [1.29, 1.82) is 0 Å². The van der Waals surface area contributed by atoms with E-state index in [1.54, 1.807) is 6.07 Å². The van der Waals surface area contributed by atoms with Gasteiger partial charge in [0.1, 0.15) is 11.5 Å². The number of carbonyl (C=O) groups is 1. The highest BCUT2D eigenvalue weighted by molar-refractivity contribution is 6.31. The SMILES string of the molecule is O=C(Nc1cc(Cl)ccc1O)c1noc2c1CCCC2. The maximum Gasteiger partial charge on any atom is 0.278 e. The molecule has 0 aliphatic heterocycles. The Bertz CT molecular complexity index is 666. The number of benzene rings is 1. The van der Waals surface area contributed by atoms with Crippen molar-refractivity contribution in [2.24, 2.45) is 0 Å². The van der Waals surface area contributed by atoms with Gasteiger partial charge in [-0.1, -0.05) is 16.8 Å². The van der Waals surface area contributed by atoms with Crippen molar-refractivity contribution in [2.75, 3.05) is 5.32 Å². The molecule has 1 aliphatic carbocycles. The van der Waals surface area contributed by atoms with Crippen LogP contribution in [-0.4, -0.2) is 16.2 Å². The normalized spacial score (nSPS) is 13.8. The number of hydrogen-bond acceptors (Lipinski definition) is 4. The minimum absolute atomic E-state index is 0.0416. The number of aryl methyl sites for hydroxylation is 1. The van der Waals surface area contributed by atoms with Gasteiger partial charge in [0.05, 0.1) is 5.69 Å². The summed E-state index contributed by atoms with van der Waals surface area (Å²) in [5.74, 6) is 0.353. The summed E-state index contributed by atoms with van der Waals surface area (Å²) in [6.45, 7) is 0. The van der Waals surface area contributed by atoms with Gasteiger partial charge in [0.2, 0.25) is 0 Å². The molecule has 0 spiro atoms. The van der Waals surface area contributed by atoms with Gasteiger partial charge in [0, 0.05) is 17.0 Å². The number of anilines is 1. The lowest BCUT2D eigenvalue weighted by atomic mass is 9.96. The standard InChI is InChI=1S/C14H13ClN2O3/c15-8-5-6-11(18)10(7-8)16-14(19)13-9-3-1-2-4-12(9)20-17-13/h5-7,18H,1-4H2,(H,16,19). The summed E-state index contributed by atoms with van der Waals surface area (Å²) in [4.78, 5) is 12.2. The summed E-state index contributed by atoms with van der Waals surface area (Å²) in [7, 11) is 0. The monoisotopic (exact) mass is 292 g/mol. The average Bonchev–Trinajstić information content (AvgIpc) is 2.87. The molecule has 20 heavy (non-hydrogen) atoms. The number of halogens is 1. The van der Waals surface area contributed by atoms with Crippen LogP contribution < -0.4 is 5.32 Å². The number of rotatable bonds is 2. The van der Waals surface area contributed by atoms with E-state index in [2.05, 4.69) is 10.5 Å². The first-order valence-electron chi connectivity index (χ1n) is 6.42. The number of aromatic nitrogens is 1. The van der Waals surface area contributed by atoms with Gasteiger partial charge in [-0.15, -0.1) is 0 Å². The second-order valence-electron chi connectivity index (χ2n) is 4.76. The maximum absolute atomic E-state index is 12.2. The molecule has 6 heteroatoms. The molecule has 0 atom stereocenters. The Labute approximate surface area is 120 Å². The van der Waals surface area contributed by atoms with Gasteiger partial charge in [-0.3, -0.25) is 4.79 Å². The molecule has 0 radical (unpaired) electrons.